The number of aromatic amines is 1. The van der Waals surface area contributed by atoms with Crippen molar-refractivity contribution in [3.63, 3.8) is 0 Å². The first-order valence-corrected chi connectivity index (χ1v) is 6.18. The van der Waals surface area contributed by atoms with Crippen LogP contribution in [0.25, 0.3) is 10.2 Å². The van der Waals surface area contributed by atoms with E-state index >= 15 is 0 Å². The first-order valence-electron chi connectivity index (χ1n) is 5.37. The smallest absolute Gasteiger partial charge is 0.298 e. The number of rotatable bonds is 3. The SMILES string of the molecule is CC(C)c1cc2c(=O)n(CCF)c(=O)[nH]c2s1. The van der Waals surface area contributed by atoms with E-state index in [0.29, 0.717) is 16.1 Å². The summed E-state index contributed by atoms with van der Waals surface area (Å²) in [6, 6.07) is 1.78. The van der Waals surface area contributed by atoms with Crippen molar-refractivity contribution in [2.24, 2.45) is 0 Å². The highest BCUT2D eigenvalue weighted by molar-refractivity contribution is 7.18. The number of H-pyrrole nitrogens is 1. The van der Waals surface area contributed by atoms with Crippen molar-refractivity contribution in [1.82, 2.24) is 9.55 Å². The van der Waals surface area contributed by atoms with Crippen LogP contribution in [0.4, 0.5) is 4.39 Å². The van der Waals surface area contributed by atoms with Crippen molar-refractivity contribution in [2.45, 2.75) is 26.3 Å². The van der Waals surface area contributed by atoms with Gasteiger partial charge in [0.2, 0.25) is 0 Å². The lowest BCUT2D eigenvalue weighted by atomic mass is 10.2. The lowest BCUT2D eigenvalue weighted by Gasteiger charge is -1.99. The molecule has 0 aromatic carbocycles. The summed E-state index contributed by atoms with van der Waals surface area (Å²) in [5, 5.41) is 0.465. The van der Waals surface area contributed by atoms with Gasteiger partial charge in [-0.15, -0.1) is 11.3 Å². The molecule has 4 nitrogen and oxygen atoms in total. The molecule has 0 atom stereocenters. The van der Waals surface area contributed by atoms with Gasteiger partial charge in [-0.3, -0.25) is 14.3 Å². The molecule has 0 radical (unpaired) electrons. The van der Waals surface area contributed by atoms with E-state index in [1.54, 1.807) is 6.07 Å². The van der Waals surface area contributed by atoms with Gasteiger partial charge in [0.05, 0.1) is 11.9 Å². The molecule has 0 aliphatic rings. The van der Waals surface area contributed by atoms with Gasteiger partial charge >= 0.3 is 5.69 Å². The molecule has 2 aromatic heterocycles. The minimum atomic E-state index is -0.727. The molecule has 0 saturated carbocycles. The minimum absolute atomic E-state index is 0.197. The standard InChI is InChI=1S/C11H13FN2O2S/c1-6(2)8-5-7-9(17-8)13-11(16)14(4-3-12)10(7)15/h5-6H,3-4H2,1-2H3,(H,13,16). The second-order valence-electron chi connectivity index (χ2n) is 4.12. The molecule has 0 spiro atoms. The van der Waals surface area contributed by atoms with Crippen molar-refractivity contribution in [3.8, 4) is 0 Å². The molecule has 6 heteroatoms. The lowest BCUT2D eigenvalue weighted by Crippen LogP contribution is -2.35. The second kappa shape index (κ2) is 4.44. The highest BCUT2D eigenvalue weighted by atomic mass is 32.1. The molecule has 0 aliphatic heterocycles. The Morgan fingerprint density at radius 2 is 2.18 bits per heavy atom. The highest BCUT2D eigenvalue weighted by Crippen LogP contribution is 2.26. The topological polar surface area (TPSA) is 54.9 Å². The van der Waals surface area contributed by atoms with Crippen molar-refractivity contribution in [3.05, 3.63) is 31.8 Å². The summed E-state index contributed by atoms with van der Waals surface area (Å²) in [7, 11) is 0. The number of nitrogens with one attached hydrogen (secondary N) is 1. The second-order valence-corrected chi connectivity index (χ2v) is 5.21. The number of hydrogen-bond donors (Lipinski definition) is 1. The number of halogens is 1. The normalized spacial score (nSPS) is 11.5. The Bertz CT molecular complexity index is 654. The number of nitrogens with zero attached hydrogens (tertiary/aromatic N) is 1. The molecule has 0 amide bonds. The summed E-state index contributed by atoms with van der Waals surface area (Å²) in [6.45, 7) is 3.11. The Hall–Kier alpha value is -1.43. The summed E-state index contributed by atoms with van der Waals surface area (Å²) >= 11 is 1.40. The zero-order valence-electron chi connectivity index (χ0n) is 9.62. The maximum Gasteiger partial charge on any atom is 0.329 e. The molecule has 2 rings (SSSR count). The van der Waals surface area contributed by atoms with Crippen LogP contribution in [0.5, 0.6) is 0 Å². The fraction of sp³-hybridized carbons (Fsp3) is 0.455. The predicted octanol–water partition coefficient (Wildman–Crippen LogP) is 1.84. The Balaban J connectivity index is 2.74. The molecule has 0 fully saturated rings. The number of aromatic nitrogens is 2. The fourth-order valence-corrected chi connectivity index (χ4v) is 2.68. The minimum Gasteiger partial charge on any atom is -0.298 e. The summed E-state index contributed by atoms with van der Waals surface area (Å²) in [4.78, 5) is 27.7. The number of alkyl halides is 1. The van der Waals surface area contributed by atoms with E-state index in [-0.39, 0.29) is 6.54 Å². The van der Waals surface area contributed by atoms with Crippen LogP contribution in [0.2, 0.25) is 0 Å². The largest absolute Gasteiger partial charge is 0.329 e. The van der Waals surface area contributed by atoms with E-state index in [1.165, 1.54) is 11.3 Å². The summed E-state index contributed by atoms with van der Waals surface area (Å²) in [6.07, 6.45) is 0. The molecule has 0 saturated heterocycles. The Labute approximate surface area is 101 Å². The van der Waals surface area contributed by atoms with E-state index in [1.807, 2.05) is 13.8 Å². The molecular weight excluding hydrogens is 243 g/mol. The van der Waals surface area contributed by atoms with Gasteiger partial charge in [-0.1, -0.05) is 13.8 Å². The van der Waals surface area contributed by atoms with Crippen LogP contribution in [-0.2, 0) is 6.54 Å². The van der Waals surface area contributed by atoms with E-state index in [9.17, 15) is 14.0 Å². The van der Waals surface area contributed by atoms with Crippen LogP contribution < -0.4 is 11.2 Å². The monoisotopic (exact) mass is 256 g/mol. The lowest BCUT2D eigenvalue weighted by molar-refractivity contribution is 0.434. The number of thiophene rings is 1. The van der Waals surface area contributed by atoms with Gasteiger partial charge in [0.25, 0.3) is 5.56 Å². The van der Waals surface area contributed by atoms with Gasteiger partial charge in [-0.2, -0.15) is 0 Å². The third kappa shape index (κ3) is 2.04. The third-order valence-electron chi connectivity index (χ3n) is 2.57. The third-order valence-corrected chi connectivity index (χ3v) is 3.92. The van der Waals surface area contributed by atoms with Gasteiger partial charge in [0.1, 0.15) is 11.5 Å². The van der Waals surface area contributed by atoms with Gasteiger partial charge < -0.3 is 0 Å². The molecule has 0 bridgehead atoms. The van der Waals surface area contributed by atoms with Crippen LogP contribution in [-0.4, -0.2) is 16.2 Å². The fourth-order valence-electron chi connectivity index (χ4n) is 1.64. The van der Waals surface area contributed by atoms with Crippen LogP contribution in [0.1, 0.15) is 24.6 Å². The van der Waals surface area contributed by atoms with Crippen molar-refractivity contribution in [2.75, 3.05) is 6.67 Å². The van der Waals surface area contributed by atoms with Crippen LogP contribution in [0.3, 0.4) is 0 Å². The van der Waals surface area contributed by atoms with E-state index in [4.69, 9.17) is 0 Å². The quantitative estimate of drug-likeness (QED) is 0.911. The van der Waals surface area contributed by atoms with E-state index < -0.39 is 17.9 Å². The maximum absolute atomic E-state index is 12.3. The van der Waals surface area contributed by atoms with Crippen LogP contribution in [0, 0.1) is 0 Å². The zero-order chi connectivity index (χ0) is 12.6. The highest BCUT2D eigenvalue weighted by Gasteiger charge is 2.12. The number of fused-ring (bicyclic) bond motifs is 1. The van der Waals surface area contributed by atoms with E-state index in [2.05, 4.69) is 4.98 Å². The molecule has 0 unspecified atom stereocenters. The van der Waals surface area contributed by atoms with Crippen molar-refractivity contribution in [1.29, 1.82) is 0 Å². The Morgan fingerprint density at radius 3 is 2.76 bits per heavy atom. The molecule has 0 aliphatic carbocycles. The van der Waals surface area contributed by atoms with Gasteiger partial charge in [0, 0.05) is 4.88 Å². The van der Waals surface area contributed by atoms with E-state index in [0.717, 1.165) is 9.44 Å². The van der Waals surface area contributed by atoms with Crippen molar-refractivity contribution >= 4 is 21.6 Å². The Morgan fingerprint density at radius 1 is 1.47 bits per heavy atom. The zero-order valence-corrected chi connectivity index (χ0v) is 10.4. The van der Waals surface area contributed by atoms with Gasteiger partial charge in [0.15, 0.2) is 0 Å². The van der Waals surface area contributed by atoms with Crippen molar-refractivity contribution < 1.29 is 4.39 Å². The molecular formula is C11H13FN2O2S. The van der Waals surface area contributed by atoms with Gasteiger partial charge in [-0.25, -0.2) is 9.18 Å². The molecule has 2 heterocycles. The summed E-state index contributed by atoms with van der Waals surface area (Å²) < 4.78 is 13.2. The Kier molecular flexibility index (Phi) is 3.15. The van der Waals surface area contributed by atoms with Gasteiger partial charge in [-0.05, 0) is 12.0 Å². The summed E-state index contributed by atoms with van der Waals surface area (Å²) in [5.41, 5.74) is -0.957. The molecule has 1 N–H and O–H groups in total. The average molecular weight is 256 g/mol. The molecule has 92 valence electrons. The summed E-state index contributed by atoms with van der Waals surface area (Å²) in [5.74, 6) is 0.296. The maximum atomic E-state index is 12.3. The average Bonchev–Trinajstić information content (AvgIpc) is 2.68. The van der Waals surface area contributed by atoms with Crippen LogP contribution in [0.15, 0.2) is 15.7 Å². The predicted molar refractivity (Wildman–Crippen MR) is 66.8 cm³/mol. The first-order chi connectivity index (χ1) is 8.04. The first kappa shape index (κ1) is 12.0. The molecule has 2 aromatic rings. The molecule has 17 heavy (non-hydrogen) atoms. The van der Waals surface area contributed by atoms with Crippen LogP contribution >= 0.6 is 11.3 Å². The number of hydrogen-bond acceptors (Lipinski definition) is 3.